The SMILES string of the molecule is CCN(Cc1ccccc1)P(=O)(NC(=O)c1ccccc1)N(CC)Cc1ccccc1. The third kappa shape index (κ3) is 5.92. The number of carbonyl (C=O) groups excluding carboxylic acids is 1. The summed E-state index contributed by atoms with van der Waals surface area (Å²) >= 11 is 0. The molecule has 0 saturated heterocycles. The molecule has 5 nitrogen and oxygen atoms in total. The van der Waals surface area contributed by atoms with Crippen molar-refractivity contribution in [1.29, 1.82) is 0 Å². The fourth-order valence-corrected chi connectivity index (χ4v) is 6.00. The fraction of sp³-hybridized carbons (Fsp3) is 0.240. The zero-order valence-electron chi connectivity index (χ0n) is 18.1. The minimum atomic E-state index is -3.42. The largest absolute Gasteiger partial charge is 0.311 e. The molecular formula is C25H30N3O2P. The number of rotatable bonds is 10. The van der Waals surface area contributed by atoms with E-state index < -0.39 is 7.59 Å². The number of nitrogens with zero attached hydrogens (tertiary/aromatic N) is 2. The molecule has 0 aliphatic carbocycles. The van der Waals surface area contributed by atoms with Crippen molar-refractivity contribution in [2.45, 2.75) is 26.9 Å². The Kier molecular flexibility index (Phi) is 8.19. The van der Waals surface area contributed by atoms with Gasteiger partial charge in [0.1, 0.15) is 0 Å². The summed E-state index contributed by atoms with van der Waals surface area (Å²) in [5.41, 5.74) is 2.60. The number of nitrogens with one attached hydrogen (secondary N) is 1. The molecule has 3 aromatic rings. The second-order valence-electron chi connectivity index (χ2n) is 7.28. The normalized spacial score (nSPS) is 11.6. The van der Waals surface area contributed by atoms with Gasteiger partial charge in [-0.25, -0.2) is 9.34 Å². The molecule has 0 atom stereocenters. The lowest BCUT2D eigenvalue weighted by Gasteiger charge is -2.38. The Labute approximate surface area is 185 Å². The highest BCUT2D eigenvalue weighted by molar-refractivity contribution is 7.57. The van der Waals surface area contributed by atoms with Crippen LogP contribution in [0.4, 0.5) is 0 Å². The van der Waals surface area contributed by atoms with Gasteiger partial charge < -0.3 is 0 Å². The average Bonchev–Trinajstić information content (AvgIpc) is 2.82. The molecule has 0 spiro atoms. The molecule has 0 unspecified atom stereocenters. The van der Waals surface area contributed by atoms with E-state index >= 15 is 0 Å². The van der Waals surface area contributed by atoms with Crippen molar-refractivity contribution in [2.24, 2.45) is 0 Å². The monoisotopic (exact) mass is 435 g/mol. The first-order chi connectivity index (χ1) is 15.1. The van der Waals surface area contributed by atoms with E-state index in [-0.39, 0.29) is 5.91 Å². The van der Waals surface area contributed by atoms with Gasteiger partial charge in [-0.05, 0) is 23.3 Å². The third-order valence-corrected chi connectivity index (χ3v) is 8.07. The maximum absolute atomic E-state index is 14.6. The van der Waals surface area contributed by atoms with Crippen LogP contribution >= 0.6 is 7.59 Å². The Morgan fingerprint density at radius 2 is 1.10 bits per heavy atom. The number of amides is 1. The zero-order valence-corrected chi connectivity index (χ0v) is 19.0. The van der Waals surface area contributed by atoms with E-state index in [4.69, 9.17) is 0 Å². The van der Waals surface area contributed by atoms with Gasteiger partial charge in [0.15, 0.2) is 0 Å². The van der Waals surface area contributed by atoms with Crippen LogP contribution in [0, 0.1) is 0 Å². The lowest BCUT2D eigenvalue weighted by molar-refractivity contribution is 0.0973. The summed E-state index contributed by atoms with van der Waals surface area (Å²) < 4.78 is 18.4. The van der Waals surface area contributed by atoms with Crippen molar-refractivity contribution in [3.05, 3.63) is 108 Å². The maximum atomic E-state index is 14.6. The van der Waals surface area contributed by atoms with Gasteiger partial charge in [0.05, 0.1) is 0 Å². The summed E-state index contributed by atoms with van der Waals surface area (Å²) in [5.74, 6) is -0.332. The first kappa shape index (κ1) is 23.0. The highest BCUT2D eigenvalue weighted by Gasteiger charge is 2.38. The smallest absolute Gasteiger partial charge is 0.279 e. The van der Waals surface area contributed by atoms with Crippen LogP contribution < -0.4 is 5.09 Å². The van der Waals surface area contributed by atoms with E-state index in [1.165, 1.54) is 0 Å². The summed E-state index contributed by atoms with van der Waals surface area (Å²) in [6.07, 6.45) is 0. The third-order valence-electron chi connectivity index (χ3n) is 5.20. The van der Waals surface area contributed by atoms with Crippen molar-refractivity contribution in [1.82, 2.24) is 14.4 Å². The Bertz CT molecular complexity index is 944. The quantitative estimate of drug-likeness (QED) is 0.423. The molecule has 0 aliphatic heterocycles. The minimum Gasteiger partial charge on any atom is -0.279 e. The summed E-state index contributed by atoms with van der Waals surface area (Å²) in [6, 6.07) is 28.8. The average molecular weight is 436 g/mol. The molecule has 1 N–H and O–H groups in total. The van der Waals surface area contributed by atoms with Crippen molar-refractivity contribution >= 4 is 13.5 Å². The van der Waals surface area contributed by atoms with Gasteiger partial charge in [-0.15, -0.1) is 0 Å². The Morgan fingerprint density at radius 3 is 1.48 bits per heavy atom. The predicted molar refractivity (Wildman–Crippen MR) is 127 cm³/mol. The Hall–Kier alpha value is -2.72. The maximum Gasteiger partial charge on any atom is 0.311 e. The standard InChI is InChI=1S/C25H30N3O2P/c1-3-27(20-22-14-8-5-9-15-22)31(30,26-25(29)24-18-12-7-13-19-24)28(4-2)21-23-16-10-6-11-17-23/h5-19H,3-4,20-21H2,1-2H3,(H,26,29,30). The molecule has 3 rings (SSSR count). The highest BCUT2D eigenvalue weighted by atomic mass is 31.2. The molecule has 6 heteroatoms. The number of hydrogen-bond donors (Lipinski definition) is 1. The Morgan fingerprint density at radius 1 is 0.710 bits per heavy atom. The topological polar surface area (TPSA) is 52.7 Å². The van der Waals surface area contributed by atoms with Crippen molar-refractivity contribution < 1.29 is 9.36 Å². The van der Waals surface area contributed by atoms with Gasteiger partial charge in [0.25, 0.3) is 5.91 Å². The lowest BCUT2D eigenvalue weighted by Crippen LogP contribution is -2.40. The number of benzene rings is 3. The Balaban J connectivity index is 1.96. The van der Waals surface area contributed by atoms with Gasteiger partial charge in [0.2, 0.25) is 0 Å². The van der Waals surface area contributed by atoms with Crippen LogP contribution in [-0.4, -0.2) is 28.3 Å². The van der Waals surface area contributed by atoms with Crippen LogP contribution in [0.1, 0.15) is 35.3 Å². The molecule has 162 valence electrons. The molecule has 0 aliphatic rings. The second-order valence-corrected chi connectivity index (χ2v) is 9.73. The van der Waals surface area contributed by atoms with Gasteiger partial charge in [-0.3, -0.25) is 14.4 Å². The molecule has 0 heterocycles. The van der Waals surface area contributed by atoms with Crippen LogP contribution in [0.15, 0.2) is 91.0 Å². The first-order valence-corrected chi connectivity index (χ1v) is 12.2. The van der Waals surface area contributed by atoms with Crippen molar-refractivity contribution in [3.8, 4) is 0 Å². The second kappa shape index (κ2) is 11.1. The first-order valence-electron chi connectivity index (χ1n) is 10.6. The van der Waals surface area contributed by atoms with Crippen molar-refractivity contribution in [2.75, 3.05) is 13.1 Å². The van der Waals surface area contributed by atoms with Gasteiger partial charge >= 0.3 is 7.59 Å². The number of carbonyl (C=O) groups is 1. The van der Waals surface area contributed by atoms with Gasteiger partial charge in [-0.2, -0.15) is 0 Å². The molecule has 0 radical (unpaired) electrons. The molecule has 1 amide bonds. The van der Waals surface area contributed by atoms with Crippen LogP contribution in [0.3, 0.4) is 0 Å². The van der Waals surface area contributed by atoms with E-state index in [2.05, 4.69) is 5.09 Å². The summed E-state index contributed by atoms with van der Waals surface area (Å²) in [5, 5.41) is 2.92. The van der Waals surface area contributed by atoms with Crippen molar-refractivity contribution in [3.63, 3.8) is 0 Å². The molecule has 3 aromatic carbocycles. The van der Waals surface area contributed by atoms with Crippen LogP contribution in [0.5, 0.6) is 0 Å². The highest BCUT2D eigenvalue weighted by Crippen LogP contribution is 2.51. The lowest BCUT2D eigenvalue weighted by atomic mass is 10.2. The molecule has 0 bridgehead atoms. The molecule has 0 saturated carbocycles. The molecule has 31 heavy (non-hydrogen) atoms. The van der Waals surface area contributed by atoms with Gasteiger partial charge in [0, 0.05) is 31.7 Å². The zero-order chi connectivity index (χ0) is 22.1. The van der Waals surface area contributed by atoms with E-state index in [9.17, 15) is 9.36 Å². The minimum absolute atomic E-state index is 0.332. The molecule has 0 aromatic heterocycles. The fourth-order valence-electron chi connectivity index (χ4n) is 3.49. The van der Waals surface area contributed by atoms with E-state index in [0.717, 1.165) is 11.1 Å². The number of hydrogen-bond acceptors (Lipinski definition) is 2. The van der Waals surface area contributed by atoms with E-state index in [1.54, 1.807) is 12.1 Å². The van der Waals surface area contributed by atoms with E-state index in [0.29, 0.717) is 31.7 Å². The van der Waals surface area contributed by atoms with E-state index in [1.807, 2.05) is 102 Å². The molecule has 0 fully saturated rings. The van der Waals surface area contributed by atoms with Gasteiger partial charge in [-0.1, -0.05) is 92.7 Å². The summed E-state index contributed by atoms with van der Waals surface area (Å²) in [6.45, 7) is 5.98. The summed E-state index contributed by atoms with van der Waals surface area (Å²) in [7, 11) is -3.42. The molecular weight excluding hydrogens is 405 g/mol. The van der Waals surface area contributed by atoms with Crippen LogP contribution in [0.2, 0.25) is 0 Å². The predicted octanol–water partition coefficient (Wildman–Crippen LogP) is 5.57. The summed E-state index contributed by atoms with van der Waals surface area (Å²) in [4.78, 5) is 13.1. The van der Waals surface area contributed by atoms with Crippen LogP contribution in [0.25, 0.3) is 0 Å². The van der Waals surface area contributed by atoms with Crippen LogP contribution in [-0.2, 0) is 17.7 Å².